The molecule has 1 N–H and O–H groups in total. The predicted octanol–water partition coefficient (Wildman–Crippen LogP) is 2.97. The highest BCUT2D eigenvalue weighted by Gasteiger charge is 2.21. The number of carbonyl (C=O) groups is 2. The third kappa shape index (κ3) is 4.42. The molecule has 4 heteroatoms. The minimum Gasteiger partial charge on any atom is -0.344 e. The normalized spacial score (nSPS) is 10.2. The molecule has 23 heavy (non-hydrogen) atoms. The molecule has 2 aromatic rings. The molecule has 0 atom stereocenters. The first-order valence-electron chi connectivity index (χ1n) is 7.73. The van der Waals surface area contributed by atoms with E-state index in [0.717, 1.165) is 22.4 Å². The number of rotatable bonds is 4. The Bertz CT molecular complexity index is 710. The number of hydrogen-bond acceptors (Lipinski definition) is 2. The SMILES string of the molecule is CCN(C(=O)C(=O)NCc1cccc(C)c1)c1cccc(C)c1. The van der Waals surface area contributed by atoms with E-state index in [4.69, 9.17) is 0 Å². The van der Waals surface area contributed by atoms with Gasteiger partial charge >= 0.3 is 11.8 Å². The van der Waals surface area contributed by atoms with Crippen LogP contribution in [0.1, 0.15) is 23.6 Å². The van der Waals surface area contributed by atoms with Crippen LogP contribution in [0.2, 0.25) is 0 Å². The van der Waals surface area contributed by atoms with Gasteiger partial charge in [-0.05, 0) is 44.0 Å². The van der Waals surface area contributed by atoms with Crippen LogP contribution in [0.3, 0.4) is 0 Å². The Morgan fingerprint density at radius 3 is 2.26 bits per heavy atom. The molecule has 0 heterocycles. The Kier molecular flexibility index (Phi) is 5.52. The van der Waals surface area contributed by atoms with Gasteiger partial charge in [0, 0.05) is 18.8 Å². The van der Waals surface area contributed by atoms with Crippen molar-refractivity contribution >= 4 is 17.5 Å². The minimum atomic E-state index is -0.588. The summed E-state index contributed by atoms with van der Waals surface area (Å²) < 4.78 is 0. The number of aryl methyl sites for hydroxylation is 2. The monoisotopic (exact) mass is 310 g/mol. The summed E-state index contributed by atoms with van der Waals surface area (Å²) in [7, 11) is 0. The largest absolute Gasteiger partial charge is 0.344 e. The number of hydrogen-bond donors (Lipinski definition) is 1. The van der Waals surface area contributed by atoms with E-state index >= 15 is 0 Å². The molecular formula is C19H22N2O2. The van der Waals surface area contributed by atoms with Crippen molar-refractivity contribution in [3.05, 3.63) is 65.2 Å². The van der Waals surface area contributed by atoms with Gasteiger partial charge in [-0.1, -0.05) is 42.0 Å². The van der Waals surface area contributed by atoms with Gasteiger partial charge < -0.3 is 10.2 Å². The zero-order valence-corrected chi connectivity index (χ0v) is 13.8. The van der Waals surface area contributed by atoms with Crippen molar-refractivity contribution in [3.8, 4) is 0 Å². The molecule has 0 radical (unpaired) electrons. The Labute approximate surface area is 137 Å². The van der Waals surface area contributed by atoms with Crippen molar-refractivity contribution in [3.63, 3.8) is 0 Å². The van der Waals surface area contributed by atoms with Crippen LogP contribution in [0.4, 0.5) is 5.69 Å². The zero-order valence-electron chi connectivity index (χ0n) is 13.8. The van der Waals surface area contributed by atoms with Crippen LogP contribution in [-0.2, 0) is 16.1 Å². The van der Waals surface area contributed by atoms with E-state index in [2.05, 4.69) is 5.32 Å². The predicted molar refractivity (Wildman–Crippen MR) is 92.2 cm³/mol. The van der Waals surface area contributed by atoms with Crippen molar-refractivity contribution < 1.29 is 9.59 Å². The van der Waals surface area contributed by atoms with E-state index in [1.165, 1.54) is 4.90 Å². The zero-order chi connectivity index (χ0) is 16.8. The van der Waals surface area contributed by atoms with Gasteiger partial charge in [0.25, 0.3) is 0 Å². The summed E-state index contributed by atoms with van der Waals surface area (Å²) in [4.78, 5) is 26.0. The standard InChI is InChI=1S/C19H22N2O2/c1-4-21(17-10-6-8-15(3)12-17)19(23)18(22)20-13-16-9-5-7-14(2)11-16/h5-12H,4,13H2,1-3H3,(H,20,22). The third-order valence-electron chi connectivity index (χ3n) is 3.60. The van der Waals surface area contributed by atoms with Gasteiger partial charge in [-0.25, -0.2) is 0 Å². The molecule has 0 bridgehead atoms. The van der Waals surface area contributed by atoms with E-state index in [-0.39, 0.29) is 0 Å². The van der Waals surface area contributed by atoms with E-state index in [1.54, 1.807) is 0 Å². The molecule has 0 aliphatic carbocycles. The number of carbonyl (C=O) groups excluding carboxylic acids is 2. The number of nitrogens with zero attached hydrogens (tertiary/aromatic N) is 1. The number of amides is 2. The molecule has 120 valence electrons. The van der Waals surface area contributed by atoms with E-state index in [1.807, 2.05) is 69.3 Å². The fourth-order valence-electron chi connectivity index (χ4n) is 2.44. The molecule has 0 unspecified atom stereocenters. The quantitative estimate of drug-likeness (QED) is 0.883. The summed E-state index contributed by atoms with van der Waals surface area (Å²) in [6, 6.07) is 15.4. The van der Waals surface area contributed by atoms with Crippen LogP contribution in [0, 0.1) is 13.8 Å². The number of benzene rings is 2. The topological polar surface area (TPSA) is 49.4 Å². The van der Waals surface area contributed by atoms with Gasteiger partial charge in [-0.15, -0.1) is 0 Å². The Hall–Kier alpha value is -2.62. The smallest absolute Gasteiger partial charge is 0.316 e. The van der Waals surface area contributed by atoms with Gasteiger partial charge in [0.15, 0.2) is 0 Å². The van der Waals surface area contributed by atoms with Gasteiger partial charge in [-0.3, -0.25) is 9.59 Å². The number of anilines is 1. The fraction of sp³-hybridized carbons (Fsp3) is 0.263. The number of nitrogens with one attached hydrogen (secondary N) is 1. The minimum absolute atomic E-state index is 0.345. The molecule has 0 aliphatic heterocycles. The van der Waals surface area contributed by atoms with E-state index in [0.29, 0.717) is 13.1 Å². The highest BCUT2D eigenvalue weighted by atomic mass is 16.2. The van der Waals surface area contributed by atoms with Gasteiger partial charge in [-0.2, -0.15) is 0 Å². The van der Waals surface area contributed by atoms with Crippen molar-refractivity contribution in [1.29, 1.82) is 0 Å². The summed E-state index contributed by atoms with van der Waals surface area (Å²) in [6.45, 7) is 6.60. The fourth-order valence-corrected chi connectivity index (χ4v) is 2.44. The second kappa shape index (κ2) is 7.58. The van der Waals surface area contributed by atoms with Gasteiger partial charge in [0.1, 0.15) is 0 Å². The third-order valence-corrected chi connectivity index (χ3v) is 3.60. The molecule has 0 saturated heterocycles. The molecule has 0 aliphatic rings. The molecule has 4 nitrogen and oxygen atoms in total. The molecule has 0 aromatic heterocycles. The van der Waals surface area contributed by atoms with E-state index in [9.17, 15) is 9.59 Å². The Morgan fingerprint density at radius 1 is 1.00 bits per heavy atom. The molecule has 2 amide bonds. The summed E-state index contributed by atoms with van der Waals surface area (Å²) in [5, 5.41) is 2.69. The van der Waals surface area contributed by atoms with Crippen LogP contribution in [0.25, 0.3) is 0 Å². The van der Waals surface area contributed by atoms with Gasteiger partial charge in [0.05, 0.1) is 0 Å². The maximum atomic E-state index is 12.4. The van der Waals surface area contributed by atoms with Crippen molar-refractivity contribution in [1.82, 2.24) is 5.32 Å². The van der Waals surface area contributed by atoms with Crippen molar-refractivity contribution in [2.75, 3.05) is 11.4 Å². The summed E-state index contributed by atoms with van der Waals surface area (Å²) in [6.07, 6.45) is 0. The van der Waals surface area contributed by atoms with Crippen LogP contribution >= 0.6 is 0 Å². The lowest BCUT2D eigenvalue weighted by Gasteiger charge is -2.20. The van der Waals surface area contributed by atoms with Crippen molar-refractivity contribution in [2.45, 2.75) is 27.3 Å². The first-order valence-corrected chi connectivity index (χ1v) is 7.73. The van der Waals surface area contributed by atoms with Crippen LogP contribution in [-0.4, -0.2) is 18.4 Å². The summed E-state index contributed by atoms with van der Waals surface area (Å²) >= 11 is 0. The van der Waals surface area contributed by atoms with Gasteiger partial charge in [0.2, 0.25) is 0 Å². The van der Waals surface area contributed by atoms with E-state index < -0.39 is 11.8 Å². The molecule has 2 rings (SSSR count). The summed E-state index contributed by atoms with van der Waals surface area (Å²) in [5.74, 6) is -1.12. The van der Waals surface area contributed by atoms with Crippen LogP contribution < -0.4 is 10.2 Å². The molecule has 0 saturated carbocycles. The highest BCUT2D eigenvalue weighted by molar-refractivity contribution is 6.40. The van der Waals surface area contributed by atoms with Crippen LogP contribution in [0.15, 0.2) is 48.5 Å². The summed E-state index contributed by atoms with van der Waals surface area (Å²) in [5.41, 5.74) is 3.89. The lowest BCUT2D eigenvalue weighted by molar-refractivity contribution is -0.137. The molecule has 0 spiro atoms. The first kappa shape index (κ1) is 16.7. The lowest BCUT2D eigenvalue weighted by Crippen LogP contribution is -2.42. The Morgan fingerprint density at radius 2 is 1.65 bits per heavy atom. The first-order chi connectivity index (χ1) is 11.0. The lowest BCUT2D eigenvalue weighted by atomic mass is 10.1. The average molecular weight is 310 g/mol. The number of likely N-dealkylation sites (N-methyl/N-ethyl adjacent to an activating group) is 1. The molecule has 0 fully saturated rings. The highest BCUT2D eigenvalue weighted by Crippen LogP contribution is 2.16. The second-order valence-electron chi connectivity index (χ2n) is 5.56. The molecule has 2 aromatic carbocycles. The molecular weight excluding hydrogens is 288 g/mol. The second-order valence-corrected chi connectivity index (χ2v) is 5.56. The Balaban J connectivity index is 2.04. The van der Waals surface area contributed by atoms with Crippen molar-refractivity contribution in [2.24, 2.45) is 0 Å². The maximum Gasteiger partial charge on any atom is 0.316 e. The van der Waals surface area contributed by atoms with Crippen LogP contribution in [0.5, 0.6) is 0 Å². The maximum absolute atomic E-state index is 12.4. The average Bonchev–Trinajstić information content (AvgIpc) is 2.53.